The summed E-state index contributed by atoms with van der Waals surface area (Å²) in [5.41, 5.74) is 4.49. The van der Waals surface area contributed by atoms with Gasteiger partial charge in [0.1, 0.15) is 11.0 Å². The minimum absolute atomic E-state index is 0.268. The molecule has 2 aromatic rings. The van der Waals surface area contributed by atoms with Gasteiger partial charge in [-0.15, -0.1) is 0 Å². The highest BCUT2D eigenvalue weighted by Gasteiger charge is 2.29. The lowest BCUT2D eigenvalue weighted by molar-refractivity contribution is -0.367. The molecule has 106 valence electrons. The molecule has 0 aliphatic rings. The summed E-state index contributed by atoms with van der Waals surface area (Å²) in [6.07, 6.45) is 0. The first-order chi connectivity index (χ1) is 9.59. The second kappa shape index (κ2) is 6.07. The van der Waals surface area contributed by atoms with Gasteiger partial charge in [-0.1, -0.05) is 30.3 Å². The van der Waals surface area contributed by atoms with Crippen LogP contribution in [0.3, 0.4) is 0 Å². The van der Waals surface area contributed by atoms with Crippen LogP contribution in [-0.4, -0.2) is 22.1 Å². The van der Waals surface area contributed by atoms with Crippen molar-refractivity contribution in [1.82, 2.24) is 0 Å². The van der Waals surface area contributed by atoms with E-state index in [0.717, 1.165) is 0 Å². The maximum Gasteiger partial charge on any atom is 0.190 e. The van der Waals surface area contributed by atoms with Gasteiger partial charge in [0.15, 0.2) is 9.84 Å². The fraction of sp³-hybridized carbons (Fsp3) is 0.200. The minimum Gasteiger partial charge on any atom is -0.497 e. The fourth-order valence-corrected chi connectivity index (χ4v) is 3.80. The van der Waals surface area contributed by atoms with Crippen molar-refractivity contribution >= 4 is 9.84 Å². The summed E-state index contributed by atoms with van der Waals surface area (Å²) in [6.45, 7) is 0.268. The molecule has 0 saturated carbocycles. The van der Waals surface area contributed by atoms with E-state index in [2.05, 4.69) is 5.73 Å². The monoisotopic (exact) mass is 292 g/mol. The van der Waals surface area contributed by atoms with Crippen LogP contribution in [0.15, 0.2) is 59.5 Å². The van der Waals surface area contributed by atoms with Crippen LogP contribution in [0.2, 0.25) is 0 Å². The molecule has 4 nitrogen and oxygen atoms in total. The molecule has 0 radical (unpaired) electrons. The first kappa shape index (κ1) is 14.6. The Balaban J connectivity index is 2.46. The zero-order valence-electron chi connectivity index (χ0n) is 11.3. The van der Waals surface area contributed by atoms with E-state index >= 15 is 0 Å². The van der Waals surface area contributed by atoms with E-state index in [4.69, 9.17) is 4.74 Å². The van der Waals surface area contributed by atoms with E-state index in [1.165, 1.54) is 0 Å². The quantitative estimate of drug-likeness (QED) is 0.906. The van der Waals surface area contributed by atoms with Crippen LogP contribution in [0.25, 0.3) is 0 Å². The molecule has 1 atom stereocenters. The lowest BCUT2D eigenvalue weighted by Crippen LogP contribution is -2.54. The molecular formula is C15H18NO3S+. The molecule has 0 aromatic heterocycles. The molecular weight excluding hydrogens is 274 g/mol. The third kappa shape index (κ3) is 2.84. The van der Waals surface area contributed by atoms with Crippen LogP contribution in [0.5, 0.6) is 5.75 Å². The molecule has 0 saturated heterocycles. The van der Waals surface area contributed by atoms with Crippen molar-refractivity contribution < 1.29 is 18.9 Å². The van der Waals surface area contributed by atoms with Gasteiger partial charge in [-0.3, -0.25) is 0 Å². The highest BCUT2D eigenvalue weighted by molar-refractivity contribution is 7.91. The first-order valence-electron chi connectivity index (χ1n) is 6.31. The molecule has 0 fully saturated rings. The smallest absolute Gasteiger partial charge is 0.190 e. The van der Waals surface area contributed by atoms with Gasteiger partial charge < -0.3 is 10.5 Å². The fourth-order valence-electron chi connectivity index (χ4n) is 2.12. The Labute approximate surface area is 119 Å². The van der Waals surface area contributed by atoms with Gasteiger partial charge in [0.2, 0.25) is 0 Å². The lowest BCUT2D eigenvalue weighted by atomic mass is 10.1. The van der Waals surface area contributed by atoms with Gasteiger partial charge >= 0.3 is 0 Å². The standard InChI is InChI=1S/C15H17NO3S/c1-19-13-7-5-6-12(10-13)15(11-16)20(17,18)14-8-3-2-4-9-14/h2-10,15H,11,16H2,1H3/p+1/t15-/m1/s1. The molecule has 0 aliphatic heterocycles. The number of methoxy groups -OCH3 is 1. The molecule has 2 aromatic carbocycles. The van der Waals surface area contributed by atoms with E-state index < -0.39 is 15.1 Å². The molecule has 0 bridgehead atoms. The predicted molar refractivity (Wildman–Crippen MR) is 77.1 cm³/mol. The average Bonchev–Trinajstić information content (AvgIpc) is 2.49. The highest BCUT2D eigenvalue weighted by atomic mass is 32.2. The summed E-state index contributed by atoms with van der Waals surface area (Å²) < 4.78 is 30.5. The van der Waals surface area contributed by atoms with Crippen molar-refractivity contribution in [3.8, 4) is 5.75 Å². The number of hydrogen-bond acceptors (Lipinski definition) is 3. The average molecular weight is 292 g/mol. The Hall–Kier alpha value is -1.85. The van der Waals surface area contributed by atoms with E-state index in [1.54, 1.807) is 61.7 Å². The molecule has 2 rings (SSSR count). The number of rotatable bonds is 5. The zero-order chi connectivity index (χ0) is 14.6. The van der Waals surface area contributed by atoms with Crippen LogP contribution in [-0.2, 0) is 9.84 Å². The summed E-state index contributed by atoms with van der Waals surface area (Å²) >= 11 is 0. The van der Waals surface area contributed by atoms with Crippen molar-refractivity contribution in [1.29, 1.82) is 0 Å². The van der Waals surface area contributed by atoms with Crippen molar-refractivity contribution in [2.24, 2.45) is 0 Å². The number of quaternary nitrogens is 1. The SMILES string of the molecule is COc1cccc([C@@H](C[NH3+])S(=O)(=O)c2ccccc2)c1. The van der Waals surface area contributed by atoms with Crippen LogP contribution in [0.4, 0.5) is 0 Å². The maximum atomic E-state index is 12.7. The predicted octanol–water partition coefficient (Wildman–Crippen LogP) is 1.45. The van der Waals surface area contributed by atoms with E-state index in [1.807, 2.05) is 0 Å². The minimum atomic E-state index is -3.45. The number of hydrogen-bond donors (Lipinski definition) is 1. The van der Waals surface area contributed by atoms with E-state index in [0.29, 0.717) is 16.2 Å². The number of benzene rings is 2. The number of sulfone groups is 1. The van der Waals surface area contributed by atoms with Crippen LogP contribution < -0.4 is 10.5 Å². The van der Waals surface area contributed by atoms with Crippen LogP contribution >= 0.6 is 0 Å². The van der Waals surface area contributed by atoms with Crippen molar-refractivity contribution in [2.75, 3.05) is 13.7 Å². The van der Waals surface area contributed by atoms with Crippen LogP contribution in [0.1, 0.15) is 10.8 Å². The van der Waals surface area contributed by atoms with Gasteiger partial charge in [-0.2, -0.15) is 0 Å². The Morgan fingerprint density at radius 1 is 1.10 bits per heavy atom. The summed E-state index contributed by atoms with van der Waals surface area (Å²) in [5, 5.41) is -0.667. The summed E-state index contributed by atoms with van der Waals surface area (Å²) in [7, 11) is -1.89. The Morgan fingerprint density at radius 3 is 2.40 bits per heavy atom. The Kier molecular flexibility index (Phi) is 4.42. The molecule has 3 N–H and O–H groups in total. The Bertz CT molecular complexity index is 669. The van der Waals surface area contributed by atoms with Gasteiger partial charge in [0, 0.05) is 0 Å². The molecule has 0 spiro atoms. The normalized spacial score (nSPS) is 12.9. The van der Waals surface area contributed by atoms with Crippen LogP contribution in [0, 0.1) is 0 Å². The zero-order valence-corrected chi connectivity index (χ0v) is 12.1. The molecule has 5 heteroatoms. The Morgan fingerprint density at radius 2 is 1.80 bits per heavy atom. The third-order valence-electron chi connectivity index (χ3n) is 3.17. The van der Waals surface area contributed by atoms with E-state index in [9.17, 15) is 8.42 Å². The lowest BCUT2D eigenvalue weighted by Gasteiger charge is -2.15. The molecule has 0 amide bonds. The number of ether oxygens (including phenoxy) is 1. The van der Waals surface area contributed by atoms with Gasteiger partial charge in [0.25, 0.3) is 0 Å². The van der Waals surface area contributed by atoms with Gasteiger partial charge in [-0.25, -0.2) is 8.42 Å². The largest absolute Gasteiger partial charge is 0.497 e. The maximum absolute atomic E-state index is 12.7. The van der Waals surface area contributed by atoms with Gasteiger partial charge in [0.05, 0.1) is 18.6 Å². The van der Waals surface area contributed by atoms with Crippen molar-refractivity contribution in [2.45, 2.75) is 10.1 Å². The topological polar surface area (TPSA) is 71.0 Å². The summed E-state index contributed by atoms with van der Waals surface area (Å²) in [4.78, 5) is 0.316. The van der Waals surface area contributed by atoms with Crippen molar-refractivity contribution in [3.63, 3.8) is 0 Å². The molecule has 20 heavy (non-hydrogen) atoms. The summed E-state index contributed by atoms with van der Waals surface area (Å²) in [6, 6.07) is 15.6. The second-order valence-electron chi connectivity index (χ2n) is 4.41. The third-order valence-corrected chi connectivity index (χ3v) is 5.36. The summed E-state index contributed by atoms with van der Waals surface area (Å²) in [5.74, 6) is 0.643. The highest BCUT2D eigenvalue weighted by Crippen LogP contribution is 2.29. The van der Waals surface area contributed by atoms with E-state index in [-0.39, 0.29) is 6.54 Å². The van der Waals surface area contributed by atoms with Gasteiger partial charge in [-0.05, 0) is 29.8 Å². The first-order valence-corrected chi connectivity index (χ1v) is 7.86. The molecule has 0 unspecified atom stereocenters. The second-order valence-corrected chi connectivity index (χ2v) is 6.54. The van der Waals surface area contributed by atoms with Crippen molar-refractivity contribution in [3.05, 3.63) is 60.2 Å². The molecule has 0 aliphatic carbocycles. The molecule has 0 heterocycles.